The molecule has 13 heavy (non-hydrogen) atoms. The predicted octanol–water partition coefficient (Wildman–Crippen LogP) is 0.236. The van der Waals surface area contributed by atoms with Crippen molar-refractivity contribution >= 4 is 24.0 Å². The van der Waals surface area contributed by atoms with Crippen LogP contribution in [-0.4, -0.2) is 36.8 Å². The number of amides is 1. The second kappa shape index (κ2) is 3.27. The molecular formula is C8H14ClN3O. The van der Waals surface area contributed by atoms with E-state index in [1.807, 2.05) is 6.92 Å². The Balaban J connectivity index is 0.000000845. The molecule has 2 aliphatic rings. The molecule has 0 spiro atoms. The molecule has 2 aliphatic heterocycles. The van der Waals surface area contributed by atoms with E-state index in [0.29, 0.717) is 0 Å². The van der Waals surface area contributed by atoms with Crippen LogP contribution in [0.25, 0.3) is 0 Å². The summed E-state index contributed by atoms with van der Waals surface area (Å²) in [4.78, 5) is 11.6. The Morgan fingerprint density at radius 1 is 1.62 bits per heavy atom. The van der Waals surface area contributed by atoms with Crippen molar-refractivity contribution in [2.45, 2.75) is 13.3 Å². The molecule has 4 nitrogen and oxygen atoms in total. The summed E-state index contributed by atoms with van der Waals surface area (Å²) in [6, 6.07) is 0. The van der Waals surface area contributed by atoms with Crippen LogP contribution in [0.3, 0.4) is 0 Å². The third-order valence-electron chi connectivity index (χ3n) is 2.69. The number of carbonyl (C=O) groups excluding carboxylic acids is 1. The minimum absolute atomic E-state index is 0. The van der Waals surface area contributed by atoms with Crippen molar-refractivity contribution in [2.24, 2.45) is 10.5 Å². The van der Waals surface area contributed by atoms with Crippen LogP contribution in [0.5, 0.6) is 0 Å². The summed E-state index contributed by atoms with van der Waals surface area (Å²) in [7, 11) is 1.72. The summed E-state index contributed by atoms with van der Waals surface area (Å²) in [6.07, 6.45) is 0.895. The molecule has 74 valence electrons. The van der Waals surface area contributed by atoms with Gasteiger partial charge in [0.15, 0.2) is 0 Å². The van der Waals surface area contributed by atoms with E-state index in [-0.39, 0.29) is 23.7 Å². The van der Waals surface area contributed by atoms with Crippen LogP contribution in [0.1, 0.15) is 13.3 Å². The molecule has 0 aliphatic carbocycles. The summed E-state index contributed by atoms with van der Waals surface area (Å²) < 4.78 is 0. The maximum absolute atomic E-state index is 11.6. The predicted molar refractivity (Wildman–Crippen MR) is 53.0 cm³/mol. The van der Waals surface area contributed by atoms with Crippen molar-refractivity contribution in [1.29, 1.82) is 0 Å². The fourth-order valence-electron chi connectivity index (χ4n) is 1.87. The van der Waals surface area contributed by atoms with Gasteiger partial charge in [0.05, 0.1) is 5.71 Å². The molecule has 0 unspecified atom stereocenters. The van der Waals surface area contributed by atoms with E-state index in [0.717, 1.165) is 25.2 Å². The third-order valence-corrected chi connectivity index (χ3v) is 2.69. The van der Waals surface area contributed by atoms with Gasteiger partial charge in [0.2, 0.25) is 0 Å². The van der Waals surface area contributed by atoms with Gasteiger partial charge in [-0.1, -0.05) is 0 Å². The lowest BCUT2D eigenvalue weighted by Gasteiger charge is -2.28. The highest BCUT2D eigenvalue weighted by atomic mass is 35.5. The molecule has 5 heteroatoms. The maximum Gasteiger partial charge on any atom is 0.255 e. The monoisotopic (exact) mass is 203 g/mol. The lowest BCUT2D eigenvalue weighted by molar-refractivity contribution is -0.134. The van der Waals surface area contributed by atoms with Gasteiger partial charge in [-0.05, 0) is 6.92 Å². The molecule has 0 aromatic rings. The highest BCUT2D eigenvalue weighted by Gasteiger charge is 2.46. The van der Waals surface area contributed by atoms with E-state index in [4.69, 9.17) is 0 Å². The largest absolute Gasteiger partial charge is 0.315 e. The van der Waals surface area contributed by atoms with Crippen LogP contribution in [0.2, 0.25) is 0 Å². The first-order chi connectivity index (χ1) is 5.64. The first-order valence-electron chi connectivity index (χ1n) is 4.21. The van der Waals surface area contributed by atoms with Gasteiger partial charge in [0, 0.05) is 26.6 Å². The number of nitrogens with zero attached hydrogens (tertiary/aromatic N) is 2. The molecule has 2 rings (SSSR count). The van der Waals surface area contributed by atoms with Crippen molar-refractivity contribution in [3.8, 4) is 0 Å². The van der Waals surface area contributed by atoms with Gasteiger partial charge in [-0.25, -0.2) is 5.01 Å². The standard InChI is InChI=1S/C8H13N3O.ClH/c1-8-5-9-4-3-6(8)10-11(2)7(8)12;/h9H,3-5H2,1-2H3;1H/t8-;/m1./s1. The number of carbonyl (C=O) groups is 1. The van der Waals surface area contributed by atoms with E-state index in [1.54, 1.807) is 7.05 Å². The Morgan fingerprint density at radius 2 is 2.31 bits per heavy atom. The van der Waals surface area contributed by atoms with Crippen LogP contribution in [0.4, 0.5) is 0 Å². The van der Waals surface area contributed by atoms with Crippen LogP contribution in [0.15, 0.2) is 5.10 Å². The number of fused-ring (bicyclic) bond motifs is 1. The van der Waals surface area contributed by atoms with Gasteiger partial charge in [0.1, 0.15) is 5.41 Å². The van der Waals surface area contributed by atoms with Gasteiger partial charge in [0.25, 0.3) is 5.91 Å². The van der Waals surface area contributed by atoms with Crippen molar-refractivity contribution in [2.75, 3.05) is 20.1 Å². The number of piperidine rings is 1. The lowest BCUT2D eigenvalue weighted by atomic mass is 9.81. The first-order valence-corrected chi connectivity index (χ1v) is 4.21. The van der Waals surface area contributed by atoms with Gasteiger partial charge < -0.3 is 5.32 Å². The zero-order valence-electron chi connectivity index (χ0n) is 7.83. The molecule has 0 radical (unpaired) electrons. The molecule has 1 N–H and O–H groups in total. The minimum Gasteiger partial charge on any atom is -0.315 e. The SMILES string of the molecule is CN1N=C2CCNC[C@@]2(C)C1=O.Cl. The molecule has 0 aromatic heterocycles. The second-order valence-corrected chi connectivity index (χ2v) is 3.63. The highest BCUT2D eigenvalue weighted by Crippen LogP contribution is 2.30. The molecule has 0 bridgehead atoms. The highest BCUT2D eigenvalue weighted by molar-refractivity contribution is 6.12. The average molecular weight is 204 g/mol. The van der Waals surface area contributed by atoms with E-state index in [2.05, 4.69) is 10.4 Å². The second-order valence-electron chi connectivity index (χ2n) is 3.63. The van der Waals surface area contributed by atoms with Gasteiger partial charge >= 0.3 is 0 Å². The normalized spacial score (nSPS) is 32.3. The Labute approximate surface area is 83.8 Å². The third kappa shape index (κ3) is 1.34. The fourth-order valence-corrected chi connectivity index (χ4v) is 1.87. The van der Waals surface area contributed by atoms with Crippen molar-refractivity contribution in [1.82, 2.24) is 10.3 Å². The summed E-state index contributed by atoms with van der Waals surface area (Å²) in [5.41, 5.74) is 0.682. The number of nitrogens with one attached hydrogen (secondary N) is 1. The van der Waals surface area contributed by atoms with Crippen molar-refractivity contribution < 1.29 is 4.79 Å². The van der Waals surface area contributed by atoms with Crippen LogP contribution in [-0.2, 0) is 4.79 Å². The van der Waals surface area contributed by atoms with Gasteiger partial charge in [-0.3, -0.25) is 4.79 Å². The van der Waals surface area contributed by atoms with Crippen molar-refractivity contribution in [3.05, 3.63) is 0 Å². The van der Waals surface area contributed by atoms with Crippen LogP contribution >= 0.6 is 12.4 Å². The minimum atomic E-state index is -0.354. The molecule has 1 fully saturated rings. The first kappa shape index (κ1) is 10.5. The van der Waals surface area contributed by atoms with Crippen LogP contribution < -0.4 is 5.32 Å². The van der Waals surface area contributed by atoms with E-state index >= 15 is 0 Å². The number of halogens is 1. The molecule has 1 saturated heterocycles. The Kier molecular flexibility index (Phi) is 2.63. The molecule has 0 aromatic carbocycles. The van der Waals surface area contributed by atoms with E-state index in [9.17, 15) is 4.79 Å². The summed E-state index contributed by atoms with van der Waals surface area (Å²) in [6.45, 7) is 3.63. The Hall–Kier alpha value is -0.610. The zero-order chi connectivity index (χ0) is 8.77. The summed E-state index contributed by atoms with van der Waals surface area (Å²) in [5.74, 6) is 0.115. The van der Waals surface area contributed by atoms with Crippen LogP contribution in [0, 0.1) is 5.41 Å². The summed E-state index contributed by atoms with van der Waals surface area (Å²) >= 11 is 0. The molecule has 1 atom stereocenters. The number of rotatable bonds is 0. The van der Waals surface area contributed by atoms with Crippen molar-refractivity contribution in [3.63, 3.8) is 0 Å². The molecular weight excluding hydrogens is 190 g/mol. The Bertz CT molecular complexity index is 266. The molecule has 1 amide bonds. The quantitative estimate of drug-likeness (QED) is 0.613. The number of hydrazone groups is 1. The average Bonchev–Trinajstić information content (AvgIpc) is 2.28. The zero-order valence-corrected chi connectivity index (χ0v) is 8.65. The summed E-state index contributed by atoms with van der Waals surface area (Å²) in [5, 5.41) is 8.90. The fraction of sp³-hybridized carbons (Fsp3) is 0.750. The molecule has 0 saturated carbocycles. The van der Waals surface area contributed by atoms with E-state index in [1.165, 1.54) is 5.01 Å². The molecule has 2 heterocycles. The lowest BCUT2D eigenvalue weighted by Crippen LogP contribution is -2.48. The maximum atomic E-state index is 11.6. The van der Waals surface area contributed by atoms with E-state index < -0.39 is 0 Å². The van der Waals surface area contributed by atoms with Gasteiger partial charge in [-0.2, -0.15) is 5.10 Å². The van der Waals surface area contributed by atoms with Gasteiger partial charge in [-0.15, -0.1) is 12.4 Å². The Morgan fingerprint density at radius 3 is 2.92 bits per heavy atom. The number of hydrogen-bond donors (Lipinski definition) is 1. The number of hydrogen-bond acceptors (Lipinski definition) is 3. The smallest absolute Gasteiger partial charge is 0.255 e. The topological polar surface area (TPSA) is 44.7 Å².